The monoisotopic (exact) mass is 401 g/mol. The van der Waals surface area contributed by atoms with Crippen molar-refractivity contribution >= 4 is 33.8 Å². The van der Waals surface area contributed by atoms with E-state index < -0.39 is 0 Å². The number of carbonyl (C=O) groups excluding carboxylic acids is 1. The fourth-order valence-electron chi connectivity index (χ4n) is 3.86. The van der Waals surface area contributed by atoms with Gasteiger partial charge in [0.25, 0.3) is 11.6 Å². The number of hydrogen-bond donors (Lipinski definition) is 0. The van der Waals surface area contributed by atoms with Gasteiger partial charge in [-0.1, -0.05) is 0 Å². The number of carbonyl (C=O) groups is 1. The molecule has 2 aliphatic heterocycles. The first-order chi connectivity index (χ1) is 13.6. The van der Waals surface area contributed by atoms with Crippen LogP contribution >= 0.6 is 11.3 Å². The van der Waals surface area contributed by atoms with E-state index >= 15 is 0 Å². The van der Waals surface area contributed by atoms with Crippen LogP contribution in [0.25, 0.3) is 0 Å². The van der Waals surface area contributed by atoms with Crippen molar-refractivity contribution in [2.75, 3.05) is 49.1 Å². The van der Waals surface area contributed by atoms with Gasteiger partial charge in [0.2, 0.25) is 0 Å². The summed E-state index contributed by atoms with van der Waals surface area (Å²) >= 11 is 1.59. The fraction of sp³-hybridized carbons (Fsp3) is 0.474. The number of benzene rings is 1. The minimum absolute atomic E-state index is 0.0224. The zero-order chi connectivity index (χ0) is 19.5. The number of nitro groups is 1. The minimum Gasteiger partial charge on any atom is -0.366 e. The number of nitrogens with zero attached hydrogens (tertiary/aromatic N) is 5. The molecule has 0 aliphatic carbocycles. The first-order valence-corrected chi connectivity index (χ1v) is 10.5. The average molecular weight is 401 g/mol. The molecule has 0 unspecified atom stereocenters. The van der Waals surface area contributed by atoms with Gasteiger partial charge in [-0.05, 0) is 31.4 Å². The van der Waals surface area contributed by atoms with Crippen LogP contribution in [0.5, 0.6) is 0 Å². The first-order valence-electron chi connectivity index (χ1n) is 9.60. The predicted octanol–water partition coefficient (Wildman–Crippen LogP) is 3.00. The Morgan fingerprint density at radius 1 is 1.04 bits per heavy atom. The third-order valence-electron chi connectivity index (χ3n) is 5.37. The lowest BCUT2D eigenvalue weighted by molar-refractivity contribution is -0.384. The maximum atomic E-state index is 12.9. The Balaban J connectivity index is 1.48. The summed E-state index contributed by atoms with van der Waals surface area (Å²) in [5.41, 5.74) is 1.03. The molecular weight excluding hydrogens is 378 g/mol. The Morgan fingerprint density at radius 2 is 1.79 bits per heavy atom. The Hall–Kier alpha value is -2.68. The highest BCUT2D eigenvalue weighted by molar-refractivity contribution is 7.13. The van der Waals surface area contributed by atoms with E-state index in [1.54, 1.807) is 34.6 Å². The number of amides is 1. The molecule has 0 N–H and O–H groups in total. The van der Waals surface area contributed by atoms with Crippen LogP contribution in [-0.2, 0) is 0 Å². The summed E-state index contributed by atoms with van der Waals surface area (Å²) in [6, 6.07) is 4.91. The molecule has 0 radical (unpaired) electrons. The molecule has 3 heterocycles. The lowest BCUT2D eigenvalue weighted by Crippen LogP contribution is -2.48. The van der Waals surface area contributed by atoms with Crippen LogP contribution in [0.15, 0.2) is 29.8 Å². The van der Waals surface area contributed by atoms with Crippen molar-refractivity contribution in [3.8, 4) is 0 Å². The Labute approximate surface area is 167 Å². The van der Waals surface area contributed by atoms with E-state index in [2.05, 4.69) is 14.8 Å². The normalized spacial score (nSPS) is 17.6. The van der Waals surface area contributed by atoms with E-state index in [4.69, 9.17) is 0 Å². The van der Waals surface area contributed by atoms with E-state index in [0.29, 0.717) is 37.4 Å². The van der Waals surface area contributed by atoms with E-state index in [9.17, 15) is 14.9 Å². The van der Waals surface area contributed by atoms with Gasteiger partial charge in [-0.15, -0.1) is 11.3 Å². The molecule has 28 heavy (non-hydrogen) atoms. The molecule has 2 saturated heterocycles. The van der Waals surface area contributed by atoms with Gasteiger partial charge in [0.05, 0.1) is 4.92 Å². The van der Waals surface area contributed by atoms with Gasteiger partial charge in [-0.3, -0.25) is 14.9 Å². The molecule has 0 spiro atoms. The van der Waals surface area contributed by atoms with Crippen LogP contribution in [0.4, 0.5) is 16.5 Å². The van der Waals surface area contributed by atoms with Gasteiger partial charge in [0.1, 0.15) is 5.69 Å². The van der Waals surface area contributed by atoms with E-state index in [1.165, 1.54) is 6.07 Å². The summed E-state index contributed by atoms with van der Waals surface area (Å²) in [4.78, 5) is 34.5. The molecule has 2 aliphatic rings. The van der Waals surface area contributed by atoms with Crippen molar-refractivity contribution in [3.63, 3.8) is 0 Å². The lowest BCUT2D eigenvalue weighted by atomic mass is 10.1. The highest BCUT2D eigenvalue weighted by Gasteiger charge is 2.27. The maximum Gasteiger partial charge on any atom is 0.293 e. The van der Waals surface area contributed by atoms with Gasteiger partial charge < -0.3 is 14.7 Å². The maximum absolute atomic E-state index is 12.9. The lowest BCUT2D eigenvalue weighted by Gasteiger charge is -2.34. The molecule has 0 saturated carbocycles. The molecule has 0 atom stereocenters. The van der Waals surface area contributed by atoms with E-state index in [-0.39, 0.29) is 16.5 Å². The van der Waals surface area contributed by atoms with Crippen molar-refractivity contribution < 1.29 is 9.72 Å². The average Bonchev–Trinajstić information content (AvgIpc) is 3.28. The zero-order valence-electron chi connectivity index (χ0n) is 15.6. The largest absolute Gasteiger partial charge is 0.366 e. The van der Waals surface area contributed by atoms with Crippen molar-refractivity contribution in [2.24, 2.45) is 0 Å². The van der Waals surface area contributed by atoms with Crippen LogP contribution in [0.2, 0.25) is 0 Å². The Morgan fingerprint density at radius 3 is 2.43 bits per heavy atom. The standard InChI is InChI=1S/C19H23N5O3S/c25-18(22-9-11-23(12-10-22)19-20-6-13-28-19)15-4-5-16(17(14-15)24(26)27)21-7-2-1-3-8-21/h4-6,13-14H,1-3,7-12H2. The number of piperazine rings is 1. The number of rotatable bonds is 4. The quantitative estimate of drug-likeness (QED) is 0.579. The third-order valence-corrected chi connectivity index (χ3v) is 6.20. The second-order valence-electron chi connectivity index (χ2n) is 7.10. The second-order valence-corrected chi connectivity index (χ2v) is 7.98. The van der Waals surface area contributed by atoms with Gasteiger partial charge in [0.15, 0.2) is 5.13 Å². The van der Waals surface area contributed by atoms with E-state index in [1.807, 2.05) is 5.38 Å². The van der Waals surface area contributed by atoms with Crippen molar-refractivity contribution in [1.82, 2.24) is 9.88 Å². The van der Waals surface area contributed by atoms with Crippen LogP contribution in [0.3, 0.4) is 0 Å². The van der Waals surface area contributed by atoms with Crippen LogP contribution in [0.1, 0.15) is 29.6 Å². The van der Waals surface area contributed by atoms with Crippen molar-refractivity contribution in [3.05, 3.63) is 45.5 Å². The number of nitro benzene ring substituents is 1. The summed E-state index contributed by atoms with van der Waals surface area (Å²) in [6.07, 6.45) is 5.02. The van der Waals surface area contributed by atoms with Gasteiger partial charge >= 0.3 is 0 Å². The Bertz CT molecular complexity index is 843. The smallest absolute Gasteiger partial charge is 0.293 e. The molecule has 0 bridgehead atoms. The SMILES string of the molecule is O=C(c1ccc(N2CCCCC2)c([N+](=O)[O-])c1)N1CCN(c2nccs2)CC1. The molecule has 1 amide bonds. The highest BCUT2D eigenvalue weighted by atomic mass is 32.1. The highest BCUT2D eigenvalue weighted by Crippen LogP contribution is 2.32. The van der Waals surface area contributed by atoms with Crippen molar-refractivity contribution in [1.29, 1.82) is 0 Å². The number of anilines is 2. The molecule has 1 aromatic carbocycles. The molecule has 148 valence electrons. The number of thiazole rings is 1. The van der Waals surface area contributed by atoms with Gasteiger partial charge in [-0.2, -0.15) is 0 Å². The summed E-state index contributed by atoms with van der Waals surface area (Å²) < 4.78 is 0. The van der Waals surface area contributed by atoms with Crippen LogP contribution in [-0.4, -0.2) is 60.0 Å². The molecule has 1 aromatic heterocycles. The topological polar surface area (TPSA) is 82.8 Å². The summed E-state index contributed by atoms with van der Waals surface area (Å²) in [5, 5.41) is 14.5. The predicted molar refractivity (Wildman–Crippen MR) is 109 cm³/mol. The fourth-order valence-corrected chi connectivity index (χ4v) is 4.56. The van der Waals surface area contributed by atoms with Gasteiger partial charge in [0, 0.05) is 62.5 Å². The Kier molecular flexibility index (Phi) is 5.43. The minimum atomic E-state index is -0.374. The van der Waals surface area contributed by atoms with E-state index in [0.717, 1.165) is 37.5 Å². The molecule has 4 rings (SSSR count). The third kappa shape index (κ3) is 3.80. The molecular formula is C19H23N5O3S. The molecule has 9 heteroatoms. The number of piperidine rings is 1. The second kappa shape index (κ2) is 8.14. The molecule has 8 nitrogen and oxygen atoms in total. The molecule has 2 aromatic rings. The van der Waals surface area contributed by atoms with Crippen LogP contribution < -0.4 is 9.80 Å². The summed E-state index contributed by atoms with van der Waals surface area (Å²) in [7, 11) is 0. The first kappa shape index (κ1) is 18.7. The summed E-state index contributed by atoms with van der Waals surface area (Å²) in [5.74, 6) is -0.146. The summed E-state index contributed by atoms with van der Waals surface area (Å²) in [6.45, 7) is 4.25. The number of aromatic nitrogens is 1. The molecule has 2 fully saturated rings. The van der Waals surface area contributed by atoms with Crippen molar-refractivity contribution in [2.45, 2.75) is 19.3 Å². The number of hydrogen-bond acceptors (Lipinski definition) is 7. The zero-order valence-corrected chi connectivity index (χ0v) is 16.4. The van der Waals surface area contributed by atoms with Crippen LogP contribution in [0, 0.1) is 10.1 Å². The van der Waals surface area contributed by atoms with Gasteiger partial charge in [-0.25, -0.2) is 4.98 Å².